The van der Waals surface area contributed by atoms with E-state index in [1.807, 2.05) is 44.2 Å². The number of carbonyl (C=O) groups excluding carboxylic acids is 2. The molecule has 0 spiro atoms. The molecule has 1 amide bonds. The smallest absolute Gasteiger partial charge is 0.410 e. The van der Waals surface area contributed by atoms with Gasteiger partial charge in [-0.15, -0.1) is 6.58 Å². The summed E-state index contributed by atoms with van der Waals surface area (Å²) in [5, 5.41) is 0. The Morgan fingerprint density at radius 3 is 2.20 bits per heavy atom. The van der Waals surface area contributed by atoms with Crippen molar-refractivity contribution in [1.29, 1.82) is 0 Å². The maximum Gasteiger partial charge on any atom is 0.410 e. The van der Waals surface area contributed by atoms with Crippen LogP contribution in [-0.2, 0) is 20.9 Å². The summed E-state index contributed by atoms with van der Waals surface area (Å²) in [5.74, 6) is -0.498. The summed E-state index contributed by atoms with van der Waals surface area (Å²) >= 11 is 0. The minimum absolute atomic E-state index is 0.144. The molecule has 0 heterocycles. The van der Waals surface area contributed by atoms with Crippen molar-refractivity contribution >= 4 is 12.1 Å². The van der Waals surface area contributed by atoms with Gasteiger partial charge in [-0.25, -0.2) is 9.59 Å². The third-order valence-electron chi connectivity index (χ3n) is 3.75. The summed E-state index contributed by atoms with van der Waals surface area (Å²) in [7, 11) is 1.54. The highest BCUT2D eigenvalue weighted by atomic mass is 16.6. The second-order valence-corrected chi connectivity index (χ2v) is 7.61. The molecule has 0 radical (unpaired) electrons. The molecule has 0 saturated carbocycles. The second-order valence-electron chi connectivity index (χ2n) is 7.61. The van der Waals surface area contributed by atoms with Crippen LogP contribution in [0.1, 0.15) is 40.2 Å². The Hall–Kier alpha value is -2.30. The van der Waals surface area contributed by atoms with Crippen LogP contribution in [0.15, 0.2) is 43.0 Å². The third-order valence-corrected chi connectivity index (χ3v) is 3.75. The number of carbonyl (C=O) groups is 2. The molecule has 5 heteroatoms. The van der Waals surface area contributed by atoms with E-state index in [0.29, 0.717) is 0 Å². The number of esters is 1. The van der Waals surface area contributed by atoms with Crippen LogP contribution in [0.25, 0.3) is 0 Å². The van der Waals surface area contributed by atoms with Crippen LogP contribution >= 0.6 is 0 Å². The van der Waals surface area contributed by atoms with Gasteiger partial charge in [0.25, 0.3) is 0 Å². The molecule has 0 saturated heterocycles. The van der Waals surface area contributed by atoms with Gasteiger partial charge >= 0.3 is 12.1 Å². The number of hydrogen-bond donors (Lipinski definition) is 0. The van der Waals surface area contributed by atoms with Gasteiger partial charge in [-0.1, -0.05) is 50.3 Å². The van der Waals surface area contributed by atoms with E-state index in [1.54, 1.807) is 26.8 Å². The molecule has 0 unspecified atom stereocenters. The van der Waals surface area contributed by atoms with E-state index in [4.69, 9.17) is 9.47 Å². The Balaban J connectivity index is 2.94. The van der Waals surface area contributed by atoms with Crippen LogP contribution in [0.2, 0.25) is 0 Å². The lowest BCUT2D eigenvalue weighted by molar-refractivity contribution is -0.154. The minimum Gasteiger partial charge on any atom is -0.459 e. The van der Waals surface area contributed by atoms with Gasteiger partial charge < -0.3 is 9.47 Å². The molecule has 138 valence electrons. The molecule has 0 bridgehead atoms. The van der Waals surface area contributed by atoms with Gasteiger partial charge in [0.1, 0.15) is 18.2 Å². The Kier molecular flexibility index (Phi) is 6.79. The van der Waals surface area contributed by atoms with Crippen molar-refractivity contribution in [2.75, 3.05) is 7.05 Å². The van der Waals surface area contributed by atoms with Gasteiger partial charge in [-0.2, -0.15) is 0 Å². The lowest BCUT2D eigenvalue weighted by Crippen LogP contribution is -2.52. The molecule has 5 nitrogen and oxygen atoms in total. The summed E-state index contributed by atoms with van der Waals surface area (Å²) in [6, 6.07) is 8.55. The Morgan fingerprint density at radius 2 is 1.72 bits per heavy atom. The van der Waals surface area contributed by atoms with Crippen LogP contribution < -0.4 is 0 Å². The second kappa shape index (κ2) is 8.19. The van der Waals surface area contributed by atoms with E-state index < -0.39 is 29.1 Å². The van der Waals surface area contributed by atoms with Crippen molar-refractivity contribution in [2.45, 2.75) is 52.9 Å². The predicted molar refractivity (Wildman–Crippen MR) is 98.0 cm³/mol. The van der Waals surface area contributed by atoms with Gasteiger partial charge in [-0.3, -0.25) is 4.90 Å². The number of amides is 1. The molecule has 0 N–H and O–H groups in total. The number of likely N-dealkylation sites (N-methyl/N-ethyl adjacent to an activating group) is 1. The van der Waals surface area contributed by atoms with Gasteiger partial charge in [0.15, 0.2) is 0 Å². The normalized spacial score (nSPS) is 12.9. The first-order valence-electron chi connectivity index (χ1n) is 8.28. The fourth-order valence-corrected chi connectivity index (χ4v) is 2.32. The molecule has 0 aromatic heterocycles. The first kappa shape index (κ1) is 20.7. The molecule has 1 atom stereocenters. The topological polar surface area (TPSA) is 55.8 Å². The zero-order valence-corrected chi connectivity index (χ0v) is 16.0. The Morgan fingerprint density at radius 1 is 1.16 bits per heavy atom. The summed E-state index contributed by atoms with van der Waals surface area (Å²) < 4.78 is 10.8. The zero-order valence-electron chi connectivity index (χ0n) is 16.0. The highest BCUT2D eigenvalue weighted by Crippen LogP contribution is 2.28. The molecule has 0 aliphatic carbocycles. The maximum atomic E-state index is 12.7. The monoisotopic (exact) mass is 347 g/mol. The van der Waals surface area contributed by atoms with E-state index in [9.17, 15) is 9.59 Å². The molecular formula is C20H29NO4. The predicted octanol–water partition coefficient (Wildman–Crippen LogP) is 4.18. The van der Waals surface area contributed by atoms with Crippen molar-refractivity contribution in [1.82, 2.24) is 4.90 Å². The van der Waals surface area contributed by atoms with Crippen molar-refractivity contribution < 1.29 is 19.1 Å². The first-order chi connectivity index (χ1) is 11.5. The summed E-state index contributed by atoms with van der Waals surface area (Å²) in [6.07, 6.45) is 1.06. The Bertz CT molecular complexity index is 602. The molecule has 1 rings (SSSR count). The summed E-state index contributed by atoms with van der Waals surface area (Å²) in [5.41, 5.74) is -0.451. The van der Waals surface area contributed by atoms with Crippen molar-refractivity contribution in [3.05, 3.63) is 48.6 Å². The Labute approximate surface area is 150 Å². The minimum atomic E-state index is -0.844. The fourth-order valence-electron chi connectivity index (χ4n) is 2.32. The van der Waals surface area contributed by atoms with E-state index >= 15 is 0 Å². The SMILES string of the molecule is C=CC(C)(C)[C@@H](C(=O)OCc1ccccc1)N(C)C(=O)OC(C)(C)C. The molecule has 1 aromatic rings. The average Bonchev–Trinajstić information content (AvgIpc) is 2.52. The lowest BCUT2D eigenvalue weighted by atomic mass is 9.83. The van der Waals surface area contributed by atoms with Crippen molar-refractivity contribution in [3.63, 3.8) is 0 Å². The average molecular weight is 347 g/mol. The summed E-state index contributed by atoms with van der Waals surface area (Å²) in [4.78, 5) is 26.4. The number of hydrogen-bond acceptors (Lipinski definition) is 4. The fraction of sp³-hybridized carbons (Fsp3) is 0.500. The van der Waals surface area contributed by atoms with Gasteiger partial charge in [-0.05, 0) is 26.3 Å². The number of ether oxygens (including phenoxy) is 2. The molecule has 25 heavy (non-hydrogen) atoms. The quantitative estimate of drug-likeness (QED) is 0.572. The van der Waals surface area contributed by atoms with Gasteiger partial charge in [0, 0.05) is 12.5 Å². The largest absolute Gasteiger partial charge is 0.459 e. The molecule has 0 fully saturated rings. The van der Waals surface area contributed by atoms with Crippen LogP contribution in [0.3, 0.4) is 0 Å². The molecule has 0 aliphatic heterocycles. The van der Waals surface area contributed by atoms with Crippen molar-refractivity contribution in [3.8, 4) is 0 Å². The zero-order chi connectivity index (χ0) is 19.3. The molecule has 0 aliphatic rings. The molecule has 1 aromatic carbocycles. The number of benzene rings is 1. The maximum absolute atomic E-state index is 12.7. The number of rotatable bonds is 6. The van der Waals surface area contributed by atoms with Gasteiger partial charge in [0.2, 0.25) is 0 Å². The summed E-state index contributed by atoms with van der Waals surface area (Å²) in [6.45, 7) is 12.9. The van der Waals surface area contributed by atoms with E-state index in [-0.39, 0.29) is 6.61 Å². The van der Waals surface area contributed by atoms with Crippen LogP contribution in [0, 0.1) is 5.41 Å². The standard InChI is InChI=1S/C20H29NO4/c1-8-20(5,6)16(21(7)18(23)25-19(2,3)4)17(22)24-14-15-12-10-9-11-13-15/h8-13,16H,1,14H2,2-7H3/t16-/m1/s1. The van der Waals surface area contributed by atoms with Crippen molar-refractivity contribution in [2.24, 2.45) is 5.41 Å². The first-order valence-corrected chi connectivity index (χ1v) is 8.28. The van der Waals surface area contributed by atoms with E-state index in [1.165, 1.54) is 11.9 Å². The van der Waals surface area contributed by atoms with Crippen LogP contribution in [-0.4, -0.2) is 35.7 Å². The van der Waals surface area contributed by atoms with E-state index in [2.05, 4.69) is 6.58 Å². The highest BCUT2D eigenvalue weighted by Gasteiger charge is 2.41. The third kappa shape index (κ3) is 6.25. The molecular weight excluding hydrogens is 318 g/mol. The number of nitrogens with zero attached hydrogens (tertiary/aromatic N) is 1. The van der Waals surface area contributed by atoms with Gasteiger partial charge in [0.05, 0.1) is 0 Å². The van der Waals surface area contributed by atoms with Crippen LogP contribution in [0.4, 0.5) is 4.79 Å². The highest BCUT2D eigenvalue weighted by molar-refractivity contribution is 5.82. The van der Waals surface area contributed by atoms with Crippen LogP contribution in [0.5, 0.6) is 0 Å². The lowest BCUT2D eigenvalue weighted by Gasteiger charge is -2.37. The van der Waals surface area contributed by atoms with E-state index in [0.717, 1.165) is 5.56 Å².